The van der Waals surface area contributed by atoms with Gasteiger partial charge in [0.2, 0.25) is 0 Å². The first-order valence-corrected chi connectivity index (χ1v) is 6.29. The van der Waals surface area contributed by atoms with Gasteiger partial charge in [-0.05, 0) is 35.2 Å². The number of nitriles is 2. The number of fused-ring (bicyclic) bond motifs is 1. The average Bonchev–Trinajstić information content (AvgIpc) is 2.90. The van der Waals surface area contributed by atoms with E-state index in [1.165, 1.54) is 0 Å². The van der Waals surface area contributed by atoms with E-state index in [0.717, 1.165) is 16.5 Å². The molecule has 0 N–H and O–H groups in total. The van der Waals surface area contributed by atoms with Crippen molar-refractivity contribution in [3.8, 4) is 12.1 Å². The van der Waals surface area contributed by atoms with Gasteiger partial charge >= 0.3 is 0 Å². The number of aromatic nitrogens is 1. The SMILES string of the molecule is N#Cc1ccc2ccn(Cc3ccccc3C#N)c2c1. The summed E-state index contributed by atoms with van der Waals surface area (Å²) in [6, 6.07) is 19.6. The van der Waals surface area contributed by atoms with E-state index < -0.39 is 0 Å². The summed E-state index contributed by atoms with van der Waals surface area (Å²) in [5, 5.41) is 19.2. The zero-order chi connectivity index (χ0) is 13.9. The second-order valence-corrected chi connectivity index (χ2v) is 4.60. The van der Waals surface area contributed by atoms with Crippen LogP contribution in [0.1, 0.15) is 16.7 Å². The van der Waals surface area contributed by atoms with Crippen molar-refractivity contribution in [1.82, 2.24) is 4.57 Å². The third-order valence-corrected chi connectivity index (χ3v) is 3.38. The van der Waals surface area contributed by atoms with Gasteiger partial charge in [-0.15, -0.1) is 0 Å². The van der Waals surface area contributed by atoms with E-state index >= 15 is 0 Å². The molecule has 0 spiro atoms. The third kappa shape index (κ3) is 2.02. The minimum atomic E-state index is 0.627. The van der Waals surface area contributed by atoms with E-state index in [4.69, 9.17) is 10.5 Å². The van der Waals surface area contributed by atoms with Gasteiger partial charge in [0.1, 0.15) is 0 Å². The third-order valence-electron chi connectivity index (χ3n) is 3.38. The van der Waals surface area contributed by atoms with E-state index in [9.17, 15) is 0 Å². The van der Waals surface area contributed by atoms with Crippen LogP contribution in [0.5, 0.6) is 0 Å². The van der Waals surface area contributed by atoms with Crippen LogP contribution in [0.2, 0.25) is 0 Å². The molecule has 3 heteroatoms. The van der Waals surface area contributed by atoms with Gasteiger partial charge < -0.3 is 4.57 Å². The van der Waals surface area contributed by atoms with Crippen LogP contribution in [0.4, 0.5) is 0 Å². The zero-order valence-corrected chi connectivity index (χ0v) is 10.7. The number of hydrogen-bond donors (Lipinski definition) is 0. The molecule has 3 rings (SSSR count). The molecule has 0 aliphatic rings. The van der Waals surface area contributed by atoms with Crippen molar-refractivity contribution in [2.24, 2.45) is 0 Å². The average molecular weight is 257 g/mol. The maximum atomic E-state index is 9.14. The Morgan fingerprint density at radius 3 is 2.60 bits per heavy atom. The molecule has 0 aliphatic heterocycles. The van der Waals surface area contributed by atoms with Gasteiger partial charge in [0, 0.05) is 18.3 Å². The summed E-state index contributed by atoms with van der Waals surface area (Å²) in [4.78, 5) is 0. The number of benzene rings is 2. The zero-order valence-electron chi connectivity index (χ0n) is 10.7. The highest BCUT2D eigenvalue weighted by Crippen LogP contribution is 2.19. The predicted molar refractivity (Wildman–Crippen MR) is 76.9 cm³/mol. The van der Waals surface area contributed by atoms with Gasteiger partial charge in [0.25, 0.3) is 0 Å². The topological polar surface area (TPSA) is 52.5 Å². The Morgan fingerprint density at radius 2 is 1.80 bits per heavy atom. The fraction of sp³-hybridized carbons (Fsp3) is 0.0588. The van der Waals surface area contributed by atoms with Crippen molar-refractivity contribution >= 4 is 10.9 Å². The molecule has 0 amide bonds. The molecule has 94 valence electrons. The Hall–Kier alpha value is -3.04. The van der Waals surface area contributed by atoms with Crippen LogP contribution >= 0.6 is 0 Å². The number of hydrogen-bond acceptors (Lipinski definition) is 2. The van der Waals surface area contributed by atoms with Crippen molar-refractivity contribution in [3.05, 3.63) is 71.4 Å². The van der Waals surface area contributed by atoms with Gasteiger partial charge in [-0.2, -0.15) is 10.5 Å². The summed E-state index contributed by atoms with van der Waals surface area (Å²) in [5.41, 5.74) is 3.32. The lowest BCUT2D eigenvalue weighted by molar-refractivity contribution is 0.834. The van der Waals surface area contributed by atoms with Crippen LogP contribution in [0.25, 0.3) is 10.9 Å². The second-order valence-electron chi connectivity index (χ2n) is 4.60. The fourth-order valence-electron chi connectivity index (χ4n) is 2.34. The molecule has 1 aromatic heterocycles. The second kappa shape index (κ2) is 4.91. The molecule has 0 unspecified atom stereocenters. The van der Waals surface area contributed by atoms with Crippen molar-refractivity contribution in [1.29, 1.82) is 10.5 Å². The summed E-state index contributed by atoms with van der Waals surface area (Å²) < 4.78 is 2.06. The van der Waals surface area contributed by atoms with E-state index in [-0.39, 0.29) is 0 Å². The Labute approximate surface area is 116 Å². The maximum absolute atomic E-state index is 9.14. The first kappa shape index (κ1) is 12.0. The van der Waals surface area contributed by atoms with E-state index in [1.807, 2.05) is 54.7 Å². The molecular formula is C17H11N3. The fourth-order valence-corrected chi connectivity index (χ4v) is 2.34. The van der Waals surface area contributed by atoms with Gasteiger partial charge in [-0.25, -0.2) is 0 Å². The normalized spacial score (nSPS) is 10.1. The number of rotatable bonds is 2. The van der Waals surface area contributed by atoms with E-state index in [0.29, 0.717) is 17.7 Å². The molecule has 0 bridgehead atoms. The first-order valence-electron chi connectivity index (χ1n) is 6.29. The molecule has 0 fully saturated rings. The van der Waals surface area contributed by atoms with Crippen molar-refractivity contribution in [2.75, 3.05) is 0 Å². The van der Waals surface area contributed by atoms with Crippen LogP contribution in [-0.4, -0.2) is 4.57 Å². The highest BCUT2D eigenvalue weighted by Gasteiger charge is 2.06. The molecule has 3 nitrogen and oxygen atoms in total. The van der Waals surface area contributed by atoms with Gasteiger partial charge in [-0.3, -0.25) is 0 Å². The van der Waals surface area contributed by atoms with Crippen molar-refractivity contribution in [3.63, 3.8) is 0 Å². The summed E-state index contributed by atoms with van der Waals surface area (Å²) >= 11 is 0. The molecule has 0 radical (unpaired) electrons. The standard InChI is InChI=1S/C17H11N3/c18-10-13-5-6-14-7-8-20(17(14)9-13)12-16-4-2-1-3-15(16)11-19/h1-9H,12H2. The van der Waals surface area contributed by atoms with Crippen LogP contribution in [0.3, 0.4) is 0 Å². The minimum absolute atomic E-state index is 0.627. The molecule has 3 aromatic rings. The number of nitrogens with zero attached hydrogens (tertiary/aromatic N) is 3. The van der Waals surface area contributed by atoms with Crippen LogP contribution in [0.15, 0.2) is 54.7 Å². The molecule has 20 heavy (non-hydrogen) atoms. The van der Waals surface area contributed by atoms with Crippen molar-refractivity contribution in [2.45, 2.75) is 6.54 Å². The van der Waals surface area contributed by atoms with Crippen LogP contribution < -0.4 is 0 Å². The lowest BCUT2D eigenvalue weighted by Gasteiger charge is -2.07. The molecule has 0 aliphatic carbocycles. The summed E-state index contributed by atoms with van der Waals surface area (Å²) in [6.45, 7) is 0.627. The molecule has 0 saturated heterocycles. The monoisotopic (exact) mass is 257 g/mol. The summed E-state index contributed by atoms with van der Waals surface area (Å²) in [5.74, 6) is 0. The quantitative estimate of drug-likeness (QED) is 0.706. The molecule has 2 aromatic carbocycles. The Kier molecular flexibility index (Phi) is 2.95. The molecule has 0 atom stereocenters. The smallest absolute Gasteiger partial charge is 0.0995 e. The van der Waals surface area contributed by atoms with E-state index in [1.54, 1.807) is 0 Å². The Bertz CT molecular complexity index is 860. The highest BCUT2D eigenvalue weighted by molar-refractivity contribution is 5.81. The molecule has 0 saturated carbocycles. The molecular weight excluding hydrogens is 246 g/mol. The van der Waals surface area contributed by atoms with Gasteiger partial charge in [0.15, 0.2) is 0 Å². The highest BCUT2D eigenvalue weighted by atomic mass is 14.9. The minimum Gasteiger partial charge on any atom is -0.343 e. The predicted octanol–water partition coefficient (Wildman–Crippen LogP) is 3.43. The Balaban J connectivity index is 2.07. The lowest BCUT2D eigenvalue weighted by atomic mass is 10.1. The van der Waals surface area contributed by atoms with E-state index in [2.05, 4.69) is 16.7 Å². The Morgan fingerprint density at radius 1 is 0.950 bits per heavy atom. The maximum Gasteiger partial charge on any atom is 0.0995 e. The molecule has 1 heterocycles. The van der Waals surface area contributed by atoms with Gasteiger partial charge in [-0.1, -0.05) is 24.3 Å². The van der Waals surface area contributed by atoms with Crippen LogP contribution in [-0.2, 0) is 6.54 Å². The summed E-state index contributed by atoms with van der Waals surface area (Å²) in [6.07, 6.45) is 1.99. The summed E-state index contributed by atoms with van der Waals surface area (Å²) in [7, 11) is 0. The lowest BCUT2D eigenvalue weighted by Crippen LogP contribution is -2.00. The largest absolute Gasteiger partial charge is 0.343 e. The van der Waals surface area contributed by atoms with Gasteiger partial charge in [0.05, 0.1) is 23.3 Å². The van der Waals surface area contributed by atoms with Crippen LogP contribution in [0, 0.1) is 22.7 Å². The van der Waals surface area contributed by atoms with Crippen molar-refractivity contribution < 1.29 is 0 Å². The first-order chi connectivity index (χ1) is 9.81.